The summed E-state index contributed by atoms with van der Waals surface area (Å²) in [5.41, 5.74) is 3.62. The van der Waals surface area contributed by atoms with E-state index in [9.17, 15) is 4.79 Å². The van der Waals surface area contributed by atoms with Gasteiger partial charge in [0.1, 0.15) is 5.69 Å². The van der Waals surface area contributed by atoms with Gasteiger partial charge in [-0.25, -0.2) is 0 Å². The quantitative estimate of drug-likeness (QED) is 0.630. The van der Waals surface area contributed by atoms with Crippen molar-refractivity contribution in [3.05, 3.63) is 47.9 Å². The zero-order valence-electron chi connectivity index (χ0n) is 15.9. The maximum atomic E-state index is 12.6. The zero-order chi connectivity index (χ0) is 19.1. The highest BCUT2D eigenvalue weighted by molar-refractivity contribution is 6.05. The molecule has 0 spiro atoms. The maximum Gasteiger partial charge on any atom is 0.272 e. The Kier molecular flexibility index (Phi) is 4.43. The van der Waals surface area contributed by atoms with Crippen molar-refractivity contribution in [3.63, 3.8) is 0 Å². The lowest BCUT2D eigenvalue weighted by Gasteiger charge is -2.42. The van der Waals surface area contributed by atoms with Crippen LogP contribution in [0.1, 0.15) is 54.1 Å². The second kappa shape index (κ2) is 7.09. The molecule has 1 atom stereocenters. The molecule has 3 N–H and O–H groups in total. The normalized spacial score (nSPS) is 24.0. The number of rotatable bonds is 5. The molecule has 2 heterocycles. The van der Waals surface area contributed by atoms with Crippen LogP contribution in [0.2, 0.25) is 0 Å². The fraction of sp³-hybridized carbons (Fsp3) is 0.455. The summed E-state index contributed by atoms with van der Waals surface area (Å²) in [6.07, 6.45) is 10.2. The van der Waals surface area contributed by atoms with E-state index in [0.29, 0.717) is 23.8 Å². The molecular weight excluding hydrogens is 352 g/mol. The first kappa shape index (κ1) is 17.5. The molecular formula is C22H26N4O2. The Morgan fingerprint density at radius 2 is 2.11 bits per heavy atom. The van der Waals surface area contributed by atoms with Crippen LogP contribution in [0.3, 0.4) is 0 Å². The molecule has 0 radical (unpaired) electrons. The van der Waals surface area contributed by atoms with Crippen LogP contribution in [0, 0.1) is 11.8 Å². The van der Waals surface area contributed by atoms with Crippen molar-refractivity contribution in [2.75, 3.05) is 11.9 Å². The van der Waals surface area contributed by atoms with E-state index in [2.05, 4.69) is 33.6 Å². The molecule has 0 saturated heterocycles. The Balaban J connectivity index is 1.35. The van der Waals surface area contributed by atoms with E-state index in [1.54, 1.807) is 17.1 Å². The van der Waals surface area contributed by atoms with E-state index in [1.165, 1.54) is 37.7 Å². The van der Waals surface area contributed by atoms with Crippen molar-refractivity contribution in [1.29, 1.82) is 0 Å². The average Bonchev–Trinajstić information content (AvgIpc) is 3.35. The van der Waals surface area contributed by atoms with Gasteiger partial charge in [-0.2, -0.15) is 5.10 Å². The van der Waals surface area contributed by atoms with Gasteiger partial charge in [-0.3, -0.25) is 9.48 Å². The third kappa shape index (κ3) is 3.22. The molecule has 3 aliphatic carbocycles. The molecule has 3 saturated carbocycles. The van der Waals surface area contributed by atoms with Crippen LogP contribution in [0.5, 0.6) is 0 Å². The van der Waals surface area contributed by atoms with Crippen molar-refractivity contribution >= 4 is 22.5 Å². The Morgan fingerprint density at radius 1 is 1.25 bits per heavy atom. The minimum Gasteiger partial charge on any atom is -0.394 e. The van der Waals surface area contributed by atoms with Crippen LogP contribution < -0.4 is 5.32 Å². The summed E-state index contributed by atoms with van der Waals surface area (Å²) >= 11 is 0. The second-order valence-electron chi connectivity index (χ2n) is 8.32. The van der Waals surface area contributed by atoms with Gasteiger partial charge >= 0.3 is 0 Å². The van der Waals surface area contributed by atoms with Gasteiger partial charge in [0, 0.05) is 17.1 Å². The molecule has 3 fully saturated rings. The molecule has 6 rings (SSSR count). The molecule has 146 valence electrons. The molecule has 3 aliphatic rings. The fourth-order valence-corrected chi connectivity index (χ4v) is 5.14. The number of amides is 1. The number of carbonyl (C=O) groups excluding carboxylic acids is 1. The number of anilines is 1. The molecule has 2 bridgehead atoms. The summed E-state index contributed by atoms with van der Waals surface area (Å²) < 4.78 is 1.60. The van der Waals surface area contributed by atoms with Crippen LogP contribution in [-0.4, -0.2) is 32.4 Å². The minimum atomic E-state index is -0.182. The number of fused-ring (bicyclic) bond motifs is 4. The third-order valence-electron chi connectivity index (χ3n) is 6.59. The first-order valence-electron chi connectivity index (χ1n) is 10.3. The number of aliphatic hydroxyl groups excluding tert-OH is 1. The number of H-pyrrole nitrogens is 1. The third-order valence-corrected chi connectivity index (χ3v) is 6.59. The van der Waals surface area contributed by atoms with Crippen LogP contribution >= 0.6 is 0 Å². The highest BCUT2D eigenvalue weighted by Crippen LogP contribution is 2.49. The predicted octanol–water partition coefficient (Wildman–Crippen LogP) is 3.90. The SMILES string of the molecule is O=C(Nc1cnn(CCO)c1)c1cc2ccc(C3CC4CCC3CC4)cc2[nH]1. The van der Waals surface area contributed by atoms with E-state index in [0.717, 1.165) is 22.7 Å². The lowest BCUT2D eigenvalue weighted by Crippen LogP contribution is -2.29. The number of hydrogen-bond acceptors (Lipinski definition) is 3. The second-order valence-corrected chi connectivity index (χ2v) is 8.32. The Bertz CT molecular complexity index is 997. The van der Waals surface area contributed by atoms with E-state index in [1.807, 2.05) is 6.07 Å². The number of benzene rings is 1. The average molecular weight is 378 g/mol. The van der Waals surface area contributed by atoms with Gasteiger partial charge in [0.25, 0.3) is 5.91 Å². The Morgan fingerprint density at radius 3 is 2.86 bits per heavy atom. The van der Waals surface area contributed by atoms with Crippen molar-refractivity contribution in [2.45, 2.75) is 44.6 Å². The van der Waals surface area contributed by atoms with Gasteiger partial charge in [-0.05, 0) is 54.7 Å². The summed E-state index contributed by atoms with van der Waals surface area (Å²) in [7, 11) is 0. The number of nitrogens with zero attached hydrogens (tertiary/aromatic N) is 2. The number of aliphatic hydroxyl groups is 1. The molecule has 2 aromatic heterocycles. The van der Waals surface area contributed by atoms with Gasteiger partial charge in [0.15, 0.2) is 0 Å². The van der Waals surface area contributed by atoms with E-state index in [4.69, 9.17) is 5.11 Å². The molecule has 0 aliphatic heterocycles. The molecule has 1 unspecified atom stereocenters. The van der Waals surface area contributed by atoms with Crippen LogP contribution in [0.4, 0.5) is 5.69 Å². The number of aromatic nitrogens is 3. The largest absolute Gasteiger partial charge is 0.394 e. The number of aromatic amines is 1. The smallest absolute Gasteiger partial charge is 0.272 e. The molecule has 3 aromatic rings. The molecule has 1 amide bonds. The lowest BCUT2D eigenvalue weighted by atomic mass is 9.63. The number of carbonyl (C=O) groups is 1. The first-order chi connectivity index (χ1) is 13.7. The molecule has 28 heavy (non-hydrogen) atoms. The lowest BCUT2D eigenvalue weighted by molar-refractivity contribution is 0.102. The standard InChI is InChI=1S/C22H26N4O2/c27-8-7-26-13-18(12-23-26)24-22(28)21-11-17-6-5-16(10-20(17)25-21)19-9-14-1-3-15(19)4-2-14/h5-6,10-15,19,25,27H,1-4,7-9H2,(H,24,28). The highest BCUT2D eigenvalue weighted by atomic mass is 16.3. The topological polar surface area (TPSA) is 82.9 Å². The summed E-state index contributed by atoms with van der Waals surface area (Å²) in [6, 6.07) is 8.54. The minimum absolute atomic E-state index is 0.0159. The van der Waals surface area contributed by atoms with Gasteiger partial charge in [0.05, 0.1) is 25.0 Å². The van der Waals surface area contributed by atoms with Crippen LogP contribution in [-0.2, 0) is 6.54 Å². The van der Waals surface area contributed by atoms with E-state index >= 15 is 0 Å². The summed E-state index contributed by atoms with van der Waals surface area (Å²) in [5.74, 6) is 2.23. The van der Waals surface area contributed by atoms with Crippen molar-refractivity contribution in [3.8, 4) is 0 Å². The van der Waals surface area contributed by atoms with Crippen molar-refractivity contribution in [1.82, 2.24) is 14.8 Å². The summed E-state index contributed by atoms with van der Waals surface area (Å²) in [5, 5.41) is 17.0. The van der Waals surface area contributed by atoms with Gasteiger partial charge in [0.2, 0.25) is 0 Å². The molecule has 1 aromatic carbocycles. The van der Waals surface area contributed by atoms with Crippen molar-refractivity contribution < 1.29 is 9.90 Å². The monoisotopic (exact) mass is 378 g/mol. The molecule has 6 heteroatoms. The number of hydrogen-bond donors (Lipinski definition) is 3. The zero-order valence-corrected chi connectivity index (χ0v) is 15.9. The molecule has 6 nitrogen and oxygen atoms in total. The van der Waals surface area contributed by atoms with E-state index in [-0.39, 0.29) is 12.5 Å². The van der Waals surface area contributed by atoms with Gasteiger partial charge in [-0.15, -0.1) is 0 Å². The first-order valence-corrected chi connectivity index (χ1v) is 10.3. The summed E-state index contributed by atoms with van der Waals surface area (Å²) in [6.45, 7) is 0.427. The Hall–Kier alpha value is -2.60. The van der Waals surface area contributed by atoms with Crippen LogP contribution in [0.25, 0.3) is 10.9 Å². The van der Waals surface area contributed by atoms with Gasteiger partial charge < -0.3 is 15.4 Å². The fourth-order valence-electron chi connectivity index (χ4n) is 5.14. The highest BCUT2D eigenvalue weighted by Gasteiger charge is 2.36. The number of nitrogens with one attached hydrogen (secondary N) is 2. The van der Waals surface area contributed by atoms with Crippen molar-refractivity contribution in [2.24, 2.45) is 11.8 Å². The predicted molar refractivity (Wildman–Crippen MR) is 108 cm³/mol. The summed E-state index contributed by atoms with van der Waals surface area (Å²) in [4.78, 5) is 15.9. The maximum absolute atomic E-state index is 12.6. The van der Waals surface area contributed by atoms with E-state index < -0.39 is 0 Å². The van der Waals surface area contributed by atoms with Crippen LogP contribution in [0.15, 0.2) is 36.7 Å². The Labute approximate surface area is 163 Å². The van der Waals surface area contributed by atoms with Gasteiger partial charge in [-0.1, -0.05) is 25.0 Å².